The minimum absolute atomic E-state index is 0.461. The van der Waals surface area contributed by atoms with Crippen molar-refractivity contribution in [3.05, 3.63) is 11.7 Å². The van der Waals surface area contributed by atoms with Crippen molar-refractivity contribution in [3.63, 3.8) is 0 Å². The number of rotatable bonds is 5. The van der Waals surface area contributed by atoms with Crippen LogP contribution in [-0.4, -0.2) is 10.1 Å². The molecule has 0 aliphatic carbocycles. The Bertz CT molecular complexity index is 286. The van der Waals surface area contributed by atoms with E-state index < -0.39 is 0 Å². The highest BCUT2D eigenvalue weighted by molar-refractivity contribution is 4.83. The fourth-order valence-electron chi connectivity index (χ4n) is 1.56. The average Bonchev–Trinajstić information content (AvgIpc) is 2.49. The largest absolute Gasteiger partial charge is 0.340 e. The molecule has 3 heteroatoms. The zero-order valence-electron chi connectivity index (χ0n) is 10.3. The van der Waals surface area contributed by atoms with Gasteiger partial charge in [0.05, 0.1) is 0 Å². The van der Waals surface area contributed by atoms with Crippen LogP contribution >= 0.6 is 0 Å². The third-order valence-electron chi connectivity index (χ3n) is 2.40. The van der Waals surface area contributed by atoms with Crippen LogP contribution in [0, 0.1) is 12.3 Å². The Hall–Kier alpha value is -0.860. The van der Waals surface area contributed by atoms with Crippen LogP contribution in [0.25, 0.3) is 0 Å². The van der Waals surface area contributed by atoms with Crippen molar-refractivity contribution in [2.24, 2.45) is 5.41 Å². The van der Waals surface area contributed by atoms with Gasteiger partial charge in [0.25, 0.3) is 0 Å². The number of aryl methyl sites for hydroxylation is 2. The van der Waals surface area contributed by atoms with E-state index in [1.807, 2.05) is 6.92 Å². The summed E-state index contributed by atoms with van der Waals surface area (Å²) in [5, 5.41) is 3.88. The molecule has 0 N–H and O–H groups in total. The first-order valence-electron chi connectivity index (χ1n) is 5.76. The van der Waals surface area contributed by atoms with Gasteiger partial charge in [-0.3, -0.25) is 0 Å². The highest BCUT2D eigenvalue weighted by Gasteiger charge is 2.09. The maximum Gasteiger partial charge on any atom is 0.223 e. The second-order valence-electron chi connectivity index (χ2n) is 5.35. The van der Waals surface area contributed by atoms with Crippen LogP contribution in [0.4, 0.5) is 0 Å². The molecule has 1 aromatic heterocycles. The lowest BCUT2D eigenvalue weighted by Crippen LogP contribution is -2.04. The molecular weight excluding hydrogens is 188 g/mol. The van der Waals surface area contributed by atoms with E-state index in [0.29, 0.717) is 11.3 Å². The summed E-state index contributed by atoms with van der Waals surface area (Å²) in [6, 6.07) is 0. The quantitative estimate of drug-likeness (QED) is 0.698. The molecule has 1 aromatic rings. The van der Waals surface area contributed by atoms with E-state index in [9.17, 15) is 0 Å². The lowest BCUT2D eigenvalue weighted by Gasteiger charge is -2.17. The van der Waals surface area contributed by atoms with Gasteiger partial charge >= 0.3 is 0 Å². The van der Waals surface area contributed by atoms with E-state index in [1.165, 1.54) is 19.3 Å². The molecule has 0 amide bonds. The van der Waals surface area contributed by atoms with E-state index in [0.717, 1.165) is 18.7 Å². The highest BCUT2D eigenvalue weighted by Crippen LogP contribution is 2.22. The Morgan fingerprint density at radius 1 is 1.13 bits per heavy atom. The predicted molar refractivity (Wildman–Crippen MR) is 60.7 cm³/mol. The van der Waals surface area contributed by atoms with E-state index in [1.54, 1.807) is 0 Å². The van der Waals surface area contributed by atoms with Gasteiger partial charge < -0.3 is 4.52 Å². The van der Waals surface area contributed by atoms with Crippen LogP contribution in [0.15, 0.2) is 4.52 Å². The Kier molecular flexibility index (Phi) is 4.30. The lowest BCUT2D eigenvalue weighted by molar-refractivity contribution is 0.356. The normalized spacial score (nSPS) is 12.0. The maximum absolute atomic E-state index is 4.91. The first-order chi connectivity index (χ1) is 6.97. The topological polar surface area (TPSA) is 38.9 Å². The Morgan fingerprint density at radius 2 is 1.87 bits per heavy atom. The van der Waals surface area contributed by atoms with E-state index >= 15 is 0 Å². The SMILES string of the molecule is Cc1nc(CCCCCC(C)(C)C)no1. The summed E-state index contributed by atoms with van der Waals surface area (Å²) in [7, 11) is 0. The summed E-state index contributed by atoms with van der Waals surface area (Å²) < 4.78 is 4.91. The van der Waals surface area contributed by atoms with Crippen molar-refractivity contribution in [1.29, 1.82) is 0 Å². The summed E-state index contributed by atoms with van der Waals surface area (Å²) in [6.45, 7) is 8.69. The van der Waals surface area contributed by atoms with Gasteiger partial charge in [-0.15, -0.1) is 0 Å². The van der Waals surface area contributed by atoms with Crippen molar-refractivity contribution in [1.82, 2.24) is 10.1 Å². The van der Waals surface area contributed by atoms with Gasteiger partial charge in [0.15, 0.2) is 5.82 Å². The summed E-state index contributed by atoms with van der Waals surface area (Å²) in [5.41, 5.74) is 0.461. The Morgan fingerprint density at radius 3 is 2.40 bits per heavy atom. The first kappa shape index (κ1) is 12.2. The van der Waals surface area contributed by atoms with E-state index in [4.69, 9.17) is 4.52 Å². The Balaban J connectivity index is 2.07. The van der Waals surface area contributed by atoms with Crippen molar-refractivity contribution < 1.29 is 4.52 Å². The molecule has 86 valence electrons. The van der Waals surface area contributed by atoms with Crippen LogP contribution in [0.5, 0.6) is 0 Å². The third kappa shape index (κ3) is 5.55. The minimum atomic E-state index is 0.461. The lowest BCUT2D eigenvalue weighted by atomic mass is 9.89. The summed E-state index contributed by atoms with van der Waals surface area (Å²) in [5.74, 6) is 1.52. The molecule has 0 unspecified atom stereocenters. The third-order valence-corrected chi connectivity index (χ3v) is 2.40. The highest BCUT2D eigenvalue weighted by atomic mass is 16.5. The predicted octanol–water partition coefficient (Wildman–Crippen LogP) is 3.53. The monoisotopic (exact) mass is 210 g/mol. The molecule has 15 heavy (non-hydrogen) atoms. The Labute approximate surface area is 92.3 Å². The molecule has 1 rings (SSSR count). The molecule has 0 aliphatic rings. The number of hydrogen-bond donors (Lipinski definition) is 0. The molecule has 1 heterocycles. The van der Waals surface area contributed by atoms with Crippen molar-refractivity contribution in [2.45, 2.75) is 59.8 Å². The smallest absolute Gasteiger partial charge is 0.223 e. The summed E-state index contributed by atoms with van der Waals surface area (Å²) >= 11 is 0. The standard InChI is InChI=1S/C12H22N2O/c1-10-13-11(14-15-10)8-6-5-7-9-12(2,3)4/h5-9H2,1-4H3. The van der Waals surface area contributed by atoms with Crippen LogP contribution in [-0.2, 0) is 6.42 Å². The van der Waals surface area contributed by atoms with Gasteiger partial charge in [0.1, 0.15) is 0 Å². The van der Waals surface area contributed by atoms with Crippen LogP contribution in [0.1, 0.15) is 58.2 Å². The van der Waals surface area contributed by atoms with Gasteiger partial charge in [0, 0.05) is 13.3 Å². The second kappa shape index (κ2) is 5.29. The second-order valence-corrected chi connectivity index (χ2v) is 5.35. The van der Waals surface area contributed by atoms with Gasteiger partial charge in [-0.25, -0.2) is 0 Å². The molecule has 0 spiro atoms. The van der Waals surface area contributed by atoms with Crippen molar-refractivity contribution in [3.8, 4) is 0 Å². The molecule has 0 saturated carbocycles. The number of hydrogen-bond acceptors (Lipinski definition) is 3. The van der Waals surface area contributed by atoms with Gasteiger partial charge in [-0.05, 0) is 18.3 Å². The number of aromatic nitrogens is 2. The fraction of sp³-hybridized carbons (Fsp3) is 0.833. The van der Waals surface area contributed by atoms with Crippen molar-refractivity contribution >= 4 is 0 Å². The van der Waals surface area contributed by atoms with Crippen LogP contribution in [0.2, 0.25) is 0 Å². The fourth-order valence-corrected chi connectivity index (χ4v) is 1.56. The molecular formula is C12H22N2O. The molecule has 3 nitrogen and oxygen atoms in total. The van der Waals surface area contributed by atoms with Crippen LogP contribution < -0.4 is 0 Å². The molecule has 0 bridgehead atoms. The number of nitrogens with zero attached hydrogens (tertiary/aromatic N) is 2. The van der Waals surface area contributed by atoms with Gasteiger partial charge in [-0.2, -0.15) is 4.98 Å². The zero-order chi connectivity index (χ0) is 11.3. The first-order valence-corrected chi connectivity index (χ1v) is 5.76. The minimum Gasteiger partial charge on any atom is -0.340 e. The summed E-state index contributed by atoms with van der Waals surface area (Å²) in [4.78, 5) is 4.18. The van der Waals surface area contributed by atoms with E-state index in [-0.39, 0.29) is 0 Å². The van der Waals surface area contributed by atoms with Crippen molar-refractivity contribution in [2.75, 3.05) is 0 Å². The molecule has 0 aliphatic heterocycles. The van der Waals surface area contributed by atoms with Gasteiger partial charge in [0.2, 0.25) is 5.89 Å². The maximum atomic E-state index is 4.91. The number of unbranched alkanes of at least 4 members (excludes halogenated alkanes) is 2. The molecule has 0 saturated heterocycles. The van der Waals surface area contributed by atoms with Crippen LogP contribution in [0.3, 0.4) is 0 Å². The molecule has 0 radical (unpaired) electrons. The van der Waals surface area contributed by atoms with Gasteiger partial charge in [-0.1, -0.05) is 38.8 Å². The molecule has 0 atom stereocenters. The zero-order valence-corrected chi connectivity index (χ0v) is 10.3. The average molecular weight is 210 g/mol. The molecule has 0 fully saturated rings. The summed E-state index contributed by atoms with van der Waals surface area (Å²) in [6.07, 6.45) is 5.94. The molecule has 0 aromatic carbocycles. The van der Waals surface area contributed by atoms with E-state index in [2.05, 4.69) is 30.9 Å².